The maximum atomic E-state index is 12.7. The number of amides is 1. The van der Waals surface area contributed by atoms with Crippen LogP contribution in [-0.2, 0) is 4.79 Å². The first-order chi connectivity index (χ1) is 19.1. The minimum atomic E-state index is 0.0686. The summed E-state index contributed by atoms with van der Waals surface area (Å²) in [4.78, 5) is 21.3. The first-order valence-corrected chi connectivity index (χ1v) is 13.5. The predicted octanol–water partition coefficient (Wildman–Crippen LogP) is 5.16. The molecule has 9 nitrogen and oxygen atoms in total. The quantitative estimate of drug-likeness (QED) is 0.247. The molecule has 1 unspecified atom stereocenters. The fourth-order valence-corrected chi connectivity index (χ4v) is 4.91. The molecule has 200 valence electrons. The second kappa shape index (κ2) is 11.2. The number of para-hydroxylation sites is 1. The van der Waals surface area contributed by atoms with Crippen LogP contribution in [-0.4, -0.2) is 69.7 Å². The van der Waals surface area contributed by atoms with Crippen LogP contribution >= 0.6 is 0 Å². The summed E-state index contributed by atoms with van der Waals surface area (Å²) in [6.45, 7) is 2.18. The van der Waals surface area contributed by atoms with Crippen LogP contribution in [0.5, 0.6) is 11.5 Å². The van der Waals surface area contributed by atoms with Crippen LogP contribution in [0, 0.1) is 0 Å². The third-order valence-electron chi connectivity index (χ3n) is 7.24. The van der Waals surface area contributed by atoms with Gasteiger partial charge in [0.2, 0.25) is 5.91 Å². The molecule has 1 saturated carbocycles. The molecule has 4 aromatic rings. The van der Waals surface area contributed by atoms with E-state index in [1.165, 1.54) is 12.8 Å². The van der Waals surface area contributed by atoms with Crippen LogP contribution in [0.4, 0.5) is 17.2 Å². The number of aromatic amines is 1. The van der Waals surface area contributed by atoms with Gasteiger partial charge in [-0.1, -0.05) is 24.3 Å². The maximum absolute atomic E-state index is 12.7. The normalized spacial score (nSPS) is 17.3. The van der Waals surface area contributed by atoms with Gasteiger partial charge < -0.3 is 20.3 Å². The number of carbonyl (C=O) groups excluding carboxylic acids is 1. The topological polar surface area (TPSA) is 98.4 Å². The molecule has 2 aromatic heterocycles. The van der Waals surface area contributed by atoms with Gasteiger partial charge in [-0.3, -0.25) is 14.8 Å². The molecule has 1 aliphatic carbocycles. The van der Waals surface area contributed by atoms with Gasteiger partial charge in [0.15, 0.2) is 11.5 Å². The Balaban J connectivity index is 1.09. The Morgan fingerprint density at radius 1 is 1.10 bits per heavy atom. The predicted molar refractivity (Wildman–Crippen MR) is 154 cm³/mol. The van der Waals surface area contributed by atoms with Crippen LogP contribution in [0.3, 0.4) is 0 Å². The van der Waals surface area contributed by atoms with E-state index in [2.05, 4.69) is 37.8 Å². The third-order valence-corrected chi connectivity index (χ3v) is 7.24. The Hall–Kier alpha value is -4.37. The van der Waals surface area contributed by atoms with Crippen molar-refractivity contribution in [3.8, 4) is 11.5 Å². The van der Waals surface area contributed by atoms with Crippen LogP contribution in [0.1, 0.15) is 19.3 Å². The van der Waals surface area contributed by atoms with E-state index in [1.54, 1.807) is 12.3 Å². The second-order valence-electron chi connectivity index (χ2n) is 10.2. The molecular formula is C30H33N7O2. The molecule has 1 saturated heterocycles. The lowest BCUT2D eigenvalue weighted by molar-refractivity contribution is -0.125. The Labute approximate surface area is 227 Å². The number of ether oxygens (including phenoxy) is 1. The van der Waals surface area contributed by atoms with Crippen LogP contribution in [0.2, 0.25) is 0 Å². The van der Waals surface area contributed by atoms with Gasteiger partial charge >= 0.3 is 0 Å². The molecule has 39 heavy (non-hydrogen) atoms. The van der Waals surface area contributed by atoms with E-state index in [9.17, 15) is 4.79 Å². The molecule has 0 bridgehead atoms. The highest BCUT2D eigenvalue weighted by Crippen LogP contribution is 2.32. The number of H-pyrrole nitrogens is 1. The average Bonchev–Trinajstić information content (AvgIpc) is 3.57. The molecule has 3 N–H and O–H groups in total. The number of aromatic nitrogens is 3. The zero-order valence-corrected chi connectivity index (χ0v) is 22.0. The van der Waals surface area contributed by atoms with Gasteiger partial charge in [0, 0.05) is 49.7 Å². The maximum Gasteiger partial charge on any atom is 0.246 e. The van der Waals surface area contributed by atoms with E-state index in [1.807, 2.05) is 71.6 Å². The van der Waals surface area contributed by atoms with Crippen molar-refractivity contribution in [2.75, 3.05) is 37.3 Å². The number of nitrogens with one attached hydrogen (secondary N) is 3. The molecular weight excluding hydrogens is 490 g/mol. The van der Waals surface area contributed by atoms with Gasteiger partial charge in [-0.25, -0.2) is 4.98 Å². The zero-order chi connectivity index (χ0) is 26.6. The molecule has 1 aliphatic heterocycles. The molecule has 2 aromatic carbocycles. The lowest BCUT2D eigenvalue weighted by atomic mass is 10.2. The van der Waals surface area contributed by atoms with E-state index < -0.39 is 0 Å². The van der Waals surface area contributed by atoms with Crippen LogP contribution in [0.25, 0.3) is 11.0 Å². The molecule has 3 heterocycles. The summed E-state index contributed by atoms with van der Waals surface area (Å²) in [5.41, 5.74) is 2.51. The van der Waals surface area contributed by atoms with Gasteiger partial charge in [0.1, 0.15) is 11.5 Å². The van der Waals surface area contributed by atoms with Crippen molar-refractivity contribution >= 4 is 34.1 Å². The first kappa shape index (κ1) is 24.9. The molecule has 0 radical (unpaired) electrons. The SMILES string of the molecule is CN(CC=CC(=O)N1CCC(Nc2n[nH]c3nccc(Nc4ccc(Oc5ccccc5)cc4)c23)C1)C1CC1. The minimum absolute atomic E-state index is 0.0686. The largest absolute Gasteiger partial charge is 0.457 e. The van der Waals surface area contributed by atoms with E-state index in [4.69, 9.17) is 4.74 Å². The molecule has 6 rings (SSSR count). The summed E-state index contributed by atoms with van der Waals surface area (Å²) in [5, 5.41) is 15.4. The van der Waals surface area contributed by atoms with Gasteiger partial charge in [-0.15, -0.1) is 0 Å². The highest BCUT2D eigenvalue weighted by Gasteiger charge is 2.27. The summed E-state index contributed by atoms with van der Waals surface area (Å²) >= 11 is 0. The van der Waals surface area contributed by atoms with E-state index in [-0.39, 0.29) is 11.9 Å². The van der Waals surface area contributed by atoms with Gasteiger partial charge in [-0.2, -0.15) is 5.10 Å². The summed E-state index contributed by atoms with van der Waals surface area (Å²) in [5.74, 6) is 2.36. The van der Waals surface area contributed by atoms with E-state index in [0.717, 1.165) is 53.6 Å². The van der Waals surface area contributed by atoms with Crippen LogP contribution < -0.4 is 15.4 Å². The van der Waals surface area contributed by atoms with E-state index in [0.29, 0.717) is 18.2 Å². The number of anilines is 3. The van der Waals surface area contributed by atoms with E-state index >= 15 is 0 Å². The number of benzene rings is 2. The zero-order valence-electron chi connectivity index (χ0n) is 22.0. The van der Waals surface area contributed by atoms with Crippen molar-refractivity contribution in [1.29, 1.82) is 0 Å². The Morgan fingerprint density at radius 3 is 2.69 bits per heavy atom. The Bertz CT molecular complexity index is 1450. The van der Waals surface area contributed by atoms with Crippen molar-refractivity contribution in [1.82, 2.24) is 25.0 Å². The lowest BCUT2D eigenvalue weighted by Crippen LogP contribution is -2.30. The fraction of sp³-hybridized carbons (Fsp3) is 0.300. The monoisotopic (exact) mass is 523 g/mol. The minimum Gasteiger partial charge on any atom is -0.457 e. The fourth-order valence-electron chi connectivity index (χ4n) is 4.91. The Morgan fingerprint density at radius 2 is 1.90 bits per heavy atom. The van der Waals surface area contributed by atoms with Crippen molar-refractivity contribution in [3.05, 3.63) is 79.0 Å². The first-order valence-electron chi connectivity index (χ1n) is 13.5. The number of rotatable bonds is 10. The standard InChI is InChI=1S/C30H33N7O2/c1-36(23-11-12-23)18-5-8-27(38)37-19-16-22(20-37)33-30-28-26(15-17-31-29(28)34-35-30)32-21-9-13-25(14-10-21)39-24-6-3-2-4-7-24/h2-10,13-15,17,22-23H,11-12,16,18-20H2,1H3,(H3,31,32,33,34,35). The van der Waals surface area contributed by atoms with Gasteiger partial charge in [0.05, 0.1) is 11.1 Å². The molecule has 1 amide bonds. The number of hydrogen-bond donors (Lipinski definition) is 3. The van der Waals surface area contributed by atoms with Crippen molar-refractivity contribution in [2.45, 2.75) is 31.3 Å². The summed E-state index contributed by atoms with van der Waals surface area (Å²) in [6, 6.07) is 20.3. The van der Waals surface area contributed by atoms with Gasteiger partial charge in [0.25, 0.3) is 0 Å². The summed E-state index contributed by atoms with van der Waals surface area (Å²) in [6.07, 6.45) is 8.84. The highest BCUT2D eigenvalue weighted by atomic mass is 16.5. The smallest absolute Gasteiger partial charge is 0.246 e. The number of nitrogens with zero attached hydrogens (tertiary/aromatic N) is 4. The third kappa shape index (κ3) is 6.04. The number of fused-ring (bicyclic) bond motifs is 1. The summed E-state index contributed by atoms with van der Waals surface area (Å²) < 4.78 is 5.91. The summed E-state index contributed by atoms with van der Waals surface area (Å²) in [7, 11) is 2.12. The van der Waals surface area contributed by atoms with Crippen molar-refractivity contribution in [2.24, 2.45) is 0 Å². The van der Waals surface area contributed by atoms with Crippen molar-refractivity contribution < 1.29 is 9.53 Å². The molecule has 0 spiro atoms. The Kier molecular flexibility index (Phi) is 7.14. The lowest BCUT2D eigenvalue weighted by Gasteiger charge is -2.16. The average molecular weight is 524 g/mol. The molecule has 2 fully saturated rings. The molecule has 1 atom stereocenters. The number of hydrogen-bond acceptors (Lipinski definition) is 7. The number of carbonyl (C=O) groups is 1. The van der Waals surface area contributed by atoms with Crippen molar-refractivity contribution in [3.63, 3.8) is 0 Å². The highest BCUT2D eigenvalue weighted by molar-refractivity contribution is 5.99. The molecule has 9 heteroatoms. The van der Waals surface area contributed by atoms with Gasteiger partial charge in [-0.05, 0) is 68.8 Å². The number of pyridine rings is 1. The van der Waals surface area contributed by atoms with Crippen LogP contribution in [0.15, 0.2) is 79.0 Å². The second-order valence-corrected chi connectivity index (χ2v) is 10.2. The molecule has 2 aliphatic rings. The number of likely N-dealkylation sites (tertiary alicyclic amines) is 1. The number of likely N-dealkylation sites (N-methyl/N-ethyl adjacent to an activating group) is 1.